The first-order valence-electron chi connectivity index (χ1n) is 8.67. The zero-order valence-corrected chi connectivity index (χ0v) is 15.0. The van der Waals surface area contributed by atoms with E-state index >= 15 is 0 Å². The van der Waals surface area contributed by atoms with Gasteiger partial charge in [-0.2, -0.15) is 10.1 Å². The molecule has 1 aromatic rings. The van der Waals surface area contributed by atoms with E-state index in [1.54, 1.807) is 6.92 Å². The number of hydrazone groups is 1. The van der Waals surface area contributed by atoms with Crippen LogP contribution in [0.5, 0.6) is 0 Å². The van der Waals surface area contributed by atoms with Crippen LogP contribution in [0.25, 0.3) is 0 Å². The minimum Gasteiger partial charge on any atom is -0.303 e. The fourth-order valence-electron chi connectivity index (χ4n) is 3.30. The second-order valence-electron chi connectivity index (χ2n) is 6.86. The quantitative estimate of drug-likeness (QED) is 0.830. The molecule has 0 spiro atoms. The van der Waals surface area contributed by atoms with Crippen LogP contribution >= 0.6 is 0 Å². The third-order valence-electron chi connectivity index (χ3n) is 4.82. The van der Waals surface area contributed by atoms with E-state index in [9.17, 15) is 14.4 Å². The van der Waals surface area contributed by atoms with E-state index in [0.29, 0.717) is 12.1 Å². The van der Waals surface area contributed by atoms with Gasteiger partial charge in [0.2, 0.25) is 5.91 Å². The van der Waals surface area contributed by atoms with E-state index in [2.05, 4.69) is 11.2 Å². The van der Waals surface area contributed by atoms with Crippen LogP contribution in [-0.2, 0) is 20.8 Å². The van der Waals surface area contributed by atoms with Gasteiger partial charge in [-0.05, 0) is 62.8 Å². The molecule has 25 heavy (non-hydrogen) atoms. The van der Waals surface area contributed by atoms with Gasteiger partial charge in [0.05, 0.1) is 6.42 Å². The number of hydrogen-bond donors (Lipinski definition) is 0. The summed E-state index contributed by atoms with van der Waals surface area (Å²) in [5, 5.41) is 4.91. The number of fused-ring (bicyclic) bond motifs is 1. The van der Waals surface area contributed by atoms with Crippen molar-refractivity contribution in [1.29, 1.82) is 0 Å². The molecule has 0 fully saturated rings. The zero-order valence-electron chi connectivity index (χ0n) is 15.0. The molecule has 0 aromatic heterocycles. The van der Waals surface area contributed by atoms with Crippen LogP contribution in [0, 0.1) is 13.8 Å². The van der Waals surface area contributed by atoms with Crippen molar-refractivity contribution < 1.29 is 14.4 Å². The van der Waals surface area contributed by atoms with Gasteiger partial charge in [-0.25, -0.2) is 0 Å². The molecule has 2 heterocycles. The van der Waals surface area contributed by atoms with Crippen LogP contribution in [0.3, 0.4) is 0 Å². The molecule has 6 nitrogen and oxygen atoms in total. The number of amides is 3. The summed E-state index contributed by atoms with van der Waals surface area (Å²) in [5.41, 5.74) is 4.73. The van der Waals surface area contributed by atoms with Gasteiger partial charge in [0, 0.05) is 17.8 Å². The molecule has 0 aliphatic carbocycles. The monoisotopic (exact) mass is 341 g/mol. The van der Waals surface area contributed by atoms with Crippen molar-refractivity contribution in [3.63, 3.8) is 0 Å². The topological polar surface area (TPSA) is 70.1 Å². The highest BCUT2D eigenvalue weighted by atomic mass is 16.2. The predicted molar refractivity (Wildman–Crippen MR) is 95.4 cm³/mol. The van der Waals surface area contributed by atoms with Gasteiger partial charge in [-0.15, -0.1) is 0 Å². The molecule has 6 heteroatoms. The average Bonchev–Trinajstić information content (AvgIpc) is 2.89. The first-order valence-corrected chi connectivity index (χ1v) is 8.67. The summed E-state index contributed by atoms with van der Waals surface area (Å²) in [6.07, 6.45) is 3.21. The Hall–Kier alpha value is -2.50. The summed E-state index contributed by atoms with van der Waals surface area (Å²) < 4.78 is 0. The van der Waals surface area contributed by atoms with E-state index < -0.39 is 5.91 Å². The van der Waals surface area contributed by atoms with Gasteiger partial charge < -0.3 is 4.90 Å². The number of aryl methyl sites for hydroxylation is 3. The van der Waals surface area contributed by atoms with E-state index in [0.717, 1.165) is 41.1 Å². The molecule has 2 aliphatic rings. The molecule has 3 rings (SSSR count). The molecule has 0 bridgehead atoms. The molecular weight excluding hydrogens is 318 g/mol. The molecule has 3 amide bonds. The van der Waals surface area contributed by atoms with Crippen molar-refractivity contribution >= 4 is 29.1 Å². The Labute approximate surface area is 147 Å². The second-order valence-corrected chi connectivity index (χ2v) is 6.86. The van der Waals surface area contributed by atoms with Crippen molar-refractivity contribution in [2.24, 2.45) is 5.10 Å². The largest absolute Gasteiger partial charge is 0.303 e. The standard InChI is InChI=1S/C19H23N3O3/c1-12-8-15-6-4-5-7-17(23)21(16(15)9-13(12)2)11-19(25)22-18(24)10-14(3)20-22/h8-9H,4-7,10-11H2,1-3H3. The molecule has 0 atom stereocenters. The molecule has 0 N–H and O–H groups in total. The molecule has 0 radical (unpaired) electrons. The lowest BCUT2D eigenvalue weighted by molar-refractivity contribution is -0.142. The number of imide groups is 1. The van der Waals surface area contributed by atoms with Crippen LogP contribution in [0.2, 0.25) is 0 Å². The number of hydrogen-bond acceptors (Lipinski definition) is 4. The number of anilines is 1. The first kappa shape index (κ1) is 17.3. The van der Waals surface area contributed by atoms with Gasteiger partial charge in [0.15, 0.2) is 0 Å². The number of benzene rings is 1. The Balaban J connectivity index is 1.94. The third kappa shape index (κ3) is 3.48. The maximum atomic E-state index is 12.7. The van der Waals surface area contributed by atoms with Crippen LogP contribution in [0.1, 0.15) is 49.3 Å². The van der Waals surface area contributed by atoms with Crippen molar-refractivity contribution in [2.45, 2.75) is 52.9 Å². The van der Waals surface area contributed by atoms with Crippen molar-refractivity contribution in [2.75, 3.05) is 11.4 Å². The normalized spacial score (nSPS) is 18.0. The highest BCUT2D eigenvalue weighted by Gasteiger charge is 2.31. The Morgan fingerprint density at radius 1 is 1.04 bits per heavy atom. The summed E-state index contributed by atoms with van der Waals surface area (Å²) in [6.45, 7) is 5.60. The minimum absolute atomic E-state index is 0.0788. The molecule has 132 valence electrons. The fraction of sp³-hybridized carbons (Fsp3) is 0.474. The van der Waals surface area contributed by atoms with E-state index in [4.69, 9.17) is 0 Å². The second kappa shape index (κ2) is 6.78. The Kier molecular flexibility index (Phi) is 4.70. The van der Waals surface area contributed by atoms with Crippen molar-refractivity contribution in [3.8, 4) is 0 Å². The van der Waals surface area contributed by atoms with E-state index in [1.807, 2.05) is 19.9 Å². The Bertz CT molecular complexity index is 782. The highest BCUT2D eigenvalue weighted by molar-refractivity contribution is 6.12. The van der Waals surface area contributed by atoms with Gasteiger partial charge in [0.25, 0.3) is 11.8 Å². The number of rotatable bonds is 2. The van der Waals surface area contributed by atoms with Gasteiger partial charge in [-0.1, -0.05) is 6.07 Å². The predicted octanol–water partition coefficient (Wildman–Crippen LogP) is 2.50. The summed E-state index contributed by atoms with van der Waals surface area (Å²) in [5.74, 6) is -0.868. The summed E-state index contributed by atoms with van der Waals surface area (Å²) in [6, 6.07) is 4.07. The number of carbonyl (C=O) groups is 3. The summed E-state index contributed by atoms with van der Waals surface area (Å²) in [7, 11) is 0. The Morgan fingerprint density at radius 3 is 2.40 bits per heavy atom. The van der Waals surface area contributed by atoms with E-state index in [1.165, 1.54) is 10.5 Å². The first-order chi connectivity index (χ1) is 11.9. The summed E-state index contributed by atoms with van der Waals surface area (Å²) >= 11 is 0. The number of nitrogens with zero attached hydrogens (tertiary/aromatic N) is 3. The van der Waals surface area contributed by atoms with Crippen LogP contribution in [0.4, 0.5) is 5.69 Å². The lowest BCUT2D eigenvalue weighted by Crippen LogP contribution is -2.43. The minimum atomic E-state index is -0.458. The number of carbonyl (C=O) groups excluding carboxylic acids is 3. The molecular formula is C19H23N3O3. The van der Waals surface area contributed by atoms with Crippen LogP contribution in [0.15, 0.2) is 17.2 Å². The fourth-order valence-corrected chi connectivity index (χ4v) is 3.30. The molecule has 0 unspecified atom stereocenters. The molecule has 0 saturated heterocycles. The maximum Gasteiger partial charge on any atom is 0.269 e. The Morgan fingerprint density at radius 2 is 1.72 bits per heavy atom. The van der Waals surface area contributed by atoms with Crippen molar-refractivity contribution in [3.05, 3.63) is 28.8 Å². The zero-order chi connectivity index (χ0) is 18.1. The third-order valence-corrected chi connectivity index (χ3v) is 4.82. The molecule has 0 saturated carbocycles. The lowest BCUT2D eigenvalue weighted by Gasteiger charge is -2.28. The van der Waals surface area contributed by atoms with Crippen molar-refractivity contribution in [1.82, 2.24) is 5.01 Å². The smallest absolute Gasteiger partial charge is 0.269 e. The lowest BCUT2D eigenvalue weighted by atomic mass is 9.96. The molecule has 1 aromatic carbocycles. The van der Waals surface area contributed by atoms with Gasteiger partial charge >= 0.3 is 0 Å². The maximum absolute atomic E-state index is 12.7. The highest BCUT2D eigenvalue weighted by Crippen LogP contribution is 2.29. The van der Waals surface area contributed by atoms with Gasteiger partial charge in [0.1, 0.15) is 6.54 Å². The SMILES string of the molecule is CC1=NN(C(=O)CN2C(=O)CCCCc3cc(C)c(C)cc32)C(=O)C1. The van der Waals surface area contributed by atoms with E-state index in [-0.39, 0.29) is 24.8 Å². The average molecular weight is 341 g/mol. The molecule has 2 aliphatic heterocycles. The van der Waals surface area contributed by atoms with Crippen LogP contribution < -0.4 is 4.90 Å². The van der Waals surface area contributed by atoms with Gasteiger partial charge in [-0.3, -0.25) is 14.4 Å². The summed E-state index contributed by atoms with van der Waals surface area (Å²) in [4.78, 5) is 38.7. The van der Waals surface area contributed by atoms with Crippen LogP contribution in [-0.4, -0.2) is 35.0 Å².